The number of halogens is 1. The quantitative estimate of drug-likeness (QED) is 0.272. The fraction of sp³-hybridized carbons (Fsp3) is 0.0435. The number of Topliss-reactive ketones (excluding diaryl/α,β-unsaturated/α-hetero) is 1. The molecule has 0 saturated carbocycles. The molecular formula is C23H14ClN3O3S. The van der Waals surface area contributed by atoms with E-state index < -0.39 is 17.7 Å². The maximum Gasteiger partial charge on any atom is 0.301 e. The number of aromatic nitrogens is 2. The lowest BCUT2D eigenvalue weighted by Gasteiger charge is -2.22. The van der Waals surface area contributed by atoms with E-state index in [4.69, 9.17) is 11.6 Å². The number of anilines is 1. The number of carbonyl (C=O) groups is 2. The summed E-state index contributed by atoms with van der Waals surface area (Å²) < 4.78 is 0.888. The Kier molecular flexibility index (Phi) is 4.77. The minimum atomic E-state index is -0.867. The lowest BCUT2D eigenvalue weighted by Crippen LogP contribution is -2.29. The minimum Gasteiger partial charge on any atom is -0.507 e. The number of aliphatic hydroxyl groups excluding tert-OH is 1. The fourth-order valence-corrected chi connectivity index (χ4v) is 4.82. The molecule has 2 aromatic carbocycles. The van der Waals surface area contributed by atoms with Crippen molar-refractivity contribution >= 4 is 55.7 Å². The molecule has 1 fully saturated rings. The zero-order chi connectivity index (χ0) is 21.5. The highest BCUT2D eigenvalue weighted by Crippen LogP contribution is 2.44. The third kappa shape index (κ3) is 3.28. The Morgan fingerprint density at radius 2 is 1.90 bits per heavy atom. The minimum absolute atomic E-state index is 0.0282. The second kappa shape index (κ2) is 7.61. The standard InChI is InChI=1S/C23H14ClN3O3S/c24-15-7-3-5-13(11-15)20(28)18-19(14-6-4-10-25-12-14)27(22(30)21(18)29)23-26-16-8-1-2-9-17(16)31-23/h1-12,19,28H/b20-18+. The van der Waals surface area contributed by atoms with E-state index in [1.165, 1.54) is 16.2 Å². The molecule has 1 N–H and O–H groups in total. The van der Waals surface area contributed by atoms with Crippen molar-refractivity contribution in [3.05, 3.63) is 94.8 Å². The first-order valence-corrected chi connectivity index (χ1v) is 10.6. The van der Waals surface area contributed by atoms with Crippen LogP contribution in [0, 0.1) is 0 Å². The lowest BCUT2D eigenvalue weighted by molar-refractivity contribution is -0.132. The van der Waals surface area contributed by atoms with E-state index in [2.05, 4.69) is 9.97 Å². The molecule has 0 radical (unpaired) electrons. The molecule has 8 heteroatoms. The molecule has 5 rings (SSSR count). The van der Waals surface area contributed by atoms with Crippen LogP contribution in [0.2, 0.25) is 5.02 Å². The van der Waals surface area contributed by atoms with E-state index in [1.807, 2.05) is 24.3 Å². The number of nitrogens with zero attached hydrogens (tertiary/aromatic N) is 3. The number of para-hydroxylation sites is 1. The number of benzene rings is 2. The summed E-state index contributed by atoms with van der Waals surface area (Å²) >= 11 is 7.38. The maximum atomic E-state index is 13.1. The van der Waals surface area contributed by atoms with Crippen LogP contribution in [0.4, 0.5) is 5.13 Å². The first-order chi connectivity index (χ1) is 15.0. The van der Waals surface area contributed by atoms with E-state index in [-0.39, 0.29) is 11.3 Å². The molecular weight excluding hydrogens is 434 g/mol. The Hall–Kier alpha value is -3.55. The zero-order valence-electron chi connectivity index (χ0n) is 15.9. The summed E-state index contributed by atoms with van der Waals surface area (Å²) in [4.78, 5) is 36.3. The molecule has 1 aliphatic heterocycles. The molecule has 2 aromatic heterocycles. The molecule has 1 aliphatic rings. The number of hydrogen-bond donors (Lipinski definition) is 1. The van der Waals surface area contributed by atoms with Gasteiger partial charge in [-0.05, 0) is 35.9 Å². The number of hydrogen-bond acceptors (Lipinski definition) is 6. The molecule has 4 aromatic rings. The molecule has 1 amide bonds. The average molecular weight is 448 g/mol. The number of rotatable bonds is 3. The number of fused-ring (bicyclic) bond motifs is 1. The van der Waals surface area contributed by atoms with Crippen LogP contribution in [0.3, 0.4) is 0 Å². The molecule has 31 heavy (non-hydrogen) atoms. The van der Waals surface area contributed by atoms with Crippen molar-refractivity contribution in [2.75, 3.05) is 4.90 Å². The molecule has 152 valence electrons. The van der Waals surface area contributed by atoms with Gasteiger partial charge in [-0.2, -0.15) is 0 Å². The average Bonchev–Trinajstić information content (AvgIpc) is 3.32. The van der Waals surface area contributed by atoms with Gasteiger partial charge in [-0.25, -0.2) is 4.98 Å². The molecule has 1 saturated heterocycles. The topological polar surface area (TPSA) is 83.4 Å². The number of amides is 1. The summed E-state index contributed by atoms with van der Waals surface area (Å²) in [5.41, 5.74) is 1.64. The molecule has 0 bridgehead atoms. The van der Waals surface area contributed by atoms with Crippen molar-refractivity contribution < 1.29 is 14.7 Å². The van der Waals surface area contributed by atoms with Crippen molar-refractivity contribution in [3.8, 4) is 0 Å². The van der Waals surface area contributed by atoms with Crippen LogP contribution >= 0.6 is 22.9 Å². The van der Waals surface area contributed by atoms with E-state index >= 15 is 0 Å². The molecule has 6 nitrogen and oxygen atoms in total. The summed E-state index contributed by atoms with van der Waals surface area (Å²) in [6, 6.07) is 16.6. The van der Waals surface area contributed by atoms with Gasteiger partial charge in [0.25, 0.3) is 5.78 Å². The Morgan fingerprint density at radius 3 is 2.65 bits per heavy atom. The van der Waals surface area contributed by atoms with E-state index in [0.29, 0.717) is 21.3 Å². The SMILES string of the molecule is O=C1C(=O)N(c2nc3ccccc3s2)C(c2cccnc2)/C1=C(\O)c1cccc(Cl)c1. The monoisotopic (exact) mass is 447 g/mol. The van der Waals surface area contributed by atoms with Gasteiger partial charge in [0, 0.05) is 23.0 Å². The van der Waals surface area contributed by atoms with E-state index in [1.54, 1.807) is 48.8 Å². The van der Waals surface area contributed by atoms with Crippen molar-refractivity contribution in [1.82, 2.24) is 9.97 Å². The van der Waals surface area contributed by atoms with Crippen molar-refractivity contribution in [2.24, 2.45) is 0 Å². The second-order valence-electron chi connectivity index (χ2n) is 6.93. The Morgan fingerprint density at radius 1 is 1.06 bits per heavy atom. The number of carbonyl (C=O) groups excluding carboxylic acids is 2. The van der Waals surface area contributed by atoms with Crippen LogP contribution in [0.1, 0.15) is 17.2 Å². The summed E-state index contributed by atoms with van der Waals surface area (Å²) in [7, 11) is 0. The third-order valence-electron chi connectivity index (χ3n) is 5.03. The lowest BCUT2D eigenvalue weighted by atomic mass is 9.96. The van der Waals surface area contributed by atoms with Crippen LogP contribution in [-0.2, 0) is 9.59 Å². The summed E-state index contributed by atoms with van der Waals surface area (Å²) in [6.45, 7) is 0. The second-order valence-corrected chi connectivity index (χ2v) is 8.38. The first-order valence-electron chi connectivity index (χ1n) is 9.37. The molecule has 3 heterocycles. The van der Waals surface area contributed by atoms with Crippen LogP contribution in [0.15, 0.2) is 78.6 Å². The van der Waals surface area contributed by atoms with Gasteiger partial charge in [0.1, 0.15) is 5.76 Å². The van der Waals surface area contributed by atoms with Gasteiger partial charge in [-0.15, -0.1) is 0 Å². The van der Waals surface area contributed by atoms with Crippen LogP contribution in [0.25, 0.3) is 16.0 Å². The van der Waals surface area contributed by atoms with Gasteiger partial charge >= 0.3 is 5.91 Å². The van der Waals surface area contributed by atoms with Gasteiger partial charge in [0.05, 0.1) is 21.8 Å². The summed E-state index contributed by atoms with van der Waals surface area (Å²) in [5.74, 6) is -1.83. The normalized spacial score (nSPS) is 18.1. The highest BCUT2D eigenvalue weighted by Gasteiger charge is 2.48. The Bertz CT molecular complexity index is 1330. The first kappa shape index (κ1) is 19.4. The van der Waals surface area contributed by atoms with Crippen molar-refractivity contribution in [2.45, 2.75) is 6.04 Å². The zero-order valence-corrected chi connectivity index (χ0v) is 17.5. The van der Waals surface area contributed by atoms with Crippen LogP contribution in [-0.4, -0.2) is 26.8 Å². The predicted molar refractivity (Wildman–Crippen MR) is 120 cm³/mol. The highest BCUT2D eigenvalue weighted by molar-refractivity contribution is 7.22. The van der Waals surface area contributed by atoms with Crippen molar-refractivity contribution in [1.29, 1.82) is 0 Å². The summed E-state index contributed by atoms with van der Waals surface area (Å²) in [6.07, 6.45) is 3.17. The number of aliphatic hydroxyl groups is 1. The predicted octanol–water partition coefficient (Wildman–Crippen LogP) is 4.97. The largest absolute Gasteiger partial charge is 0.507 e. The van der Waals surface area contributed by atoms with Crippen LogP contribution < -0.4 is 4.90 Å². The maximum absolute atomic E-state index is 13.1. The van der Waals surface area contributed by atoms with Gasteiger partial charge in [-0.1, -0.05) is 53.3 Å². The van der Waals surface area contributed by atoms with Gasteiger partial charge in [0.15, 0.2) is 5.13 Å². The van der Waals surface area contributed by atoms with Gasteiger partial charge in [-0.3, -0.25) is 19.5 Å². The number of ketones is 1. The Labute approximate surface area is 186 Å². The Balaban J connectivity index is 1.74. The highest BCUT2D eigenvalue weighted by atomic mass is 35.5. The van der Waals surface area contributed by atoms with Gasteiger partial charge in [0.2, 0.25) is 0 Å². The van der Waals surface area contributed by atoms with E-state index in [9.17, 15) is 14.7 Å². The number of thiazole rings is 1. The molecule has 0 aliphatic carbocycles. The molecule has 1 unspecified atom stereocenters. The van der Waals surface area contributed by atoms with Crippen LogP contribution in [0.5, 0.6) is 0 Å². The molecule has 0 spiro atoms. The van der Waals surface area contributed by atoms with Crippen molar-refractivity contribution in [3.63, 3.8) is 0 Å². The number of pyridine rings is 1. The fourth-order valence-electron chi connectivity index (χ4n) is 3.64. The van der Waals surface area contributed by atoms with E-state index in [0.717, 1.165) is 10.2 Å². The molecule has 1 atom stereocenters. The summed E-state index contributed by atoms with van der Waals surface area (Å²) in [5, 5.41) is 11.8. The third-order valence-corrected chi connectivity index (χ3v) is 6.30. The smallest absolute Gasteiger partial charge is 0.301 e. The van der Waals surface area contributed by atoms with Gasteiger partial charge < -0.3 is 5.11 Å².